The Labute approximate surface area is 199 Å². The Morgan fingerprint density at radius 2 is 1.97 bits per heavy atom. The molecule has 11 nitrogen and oxygen atoms in total. The third-order valence-electron chi connectivity index (χ3n) is 5.65. The molecule has 0 saturated carbocycles. The number of rotatable bonds is 9. The SMILES string of the molecule is O=S(O)NCc1cccc(-c2ccc3cnc(Nc4ccn(CCN5CCOCC5)n4)nn23)c1. The average Bonchev–Trinajstić information content (AvgIpc) is 3.49. The van der Waals surface area contributed by atoms with Crippen LogP contribution in [-0.4, -0.2) is 70.9 Å². The second-order valence-corrected chi connectivity index (χ2v) is 8.74. The van der Waals surface area contributed by atoms with Crippen molar-refractivity contribution in [2.45, 2.75) is 13.1 Å². The quantitative estimate of drug-likeness (QED) is 0.309. The van der Waals surface area contributed by atoms with Crippen LogP contribution in [-0.2, 0) is 29.1 Å². The highest BCUT2D eigenvalue weighted by Gasteiger charge is 2.12. The molecule has 1 aliphatic heterocycles. The Morgan fingerprint density at radius 1 is 1.09 bits per heavy atom. The summed E-state index contributed by atoms with van der Waals surface area (Å²) < 4.78 is 31.5. The Kier molecular flexibility index (Phi) is 6.92. The van der Waals surface area contributed by atoms with Gasteiger partial charge in [0.1, 0.15) is 0 Å². The molecule has 3 N–H and O–H groups in total. The molecule has 1 fully saturated rings. The van der Waals surface area contributed by atoms with E-state index >= 15 is 0 Å². The third-order valence-corrected chi connectivity index (χ3v) is 6.04. The molecule has 0 amide bonds. The molecule has 0 aliphatic carbocycles. The summed E-state index contributed by atoms with van der Waals surface area (Å²) in [7, 11) is 0. The smallest absolute Gasteiger partial charge is 0.246 e. The fourth-order valence-corrected chi connectivity index (χ4v) is 4.19. The van der Waals surface area contributed by atoms with Crippen molar-refractivity contribution < 1.29 is 13.5 Å². The monoisotopic (exact) mass is 482 g/mol. The molecule has 1 aromatic carbocycles. The molecular weight excluding hydrogens is 456 g/mol. The fraction of sp³-hybridized carbons (Fsp3) is 0.318. The van der Waals surface area contributed by atoms with E-state index in [1.807, 2.05) is 57.9 Å². The molecule has 34 heavy (non-hydrogen) atoms. The Balaban J connectivity index is 1.29. The summed E-state index contributed by atoms with van der Waals surface area (Å²) in [5.74, 6) is 1.12. The summed E-state index contributed by atoms with van der Waals surface area (Å²) in [6.07, 6.45) is 3.70. The highest BCUT2D eigenvalue weighted by molar-refractivity contribution is 7.77. The van der Waals surface area contributed by atoms with E-state index in [1.54, 1.807) is 6.20 Å². The first-order valence-corrected chi connectivity index (χ1v) is 12.1. The summed E-state index contributed by atoms with van der Waals surface area (Å²) in [6, 6.07) is 13.6. The zero-order chi connectivity index (χ0) is 23.3. The molecule has 1 atom stereocenters. The van der Waals surface area contributed by atoms with Crippen molar-refractivity contribution >= 4 is 28.5 Å². The van der Waals surface area contributed by atoms with Gasteiger partial charge in [0.25, 0.3) is 0 Å². The van der Waals surface area contributed by atoms with Gasteiger partial charge >= 0.3 is 0 Å². The number of fused-ring (bicyclic) bond motifs is 1. The first kappa shape index (κ1) is 22.6. The van der Waals surface area contributed by atoms with Crippen molar-refractivity contribution in [3.05, 3.63) is 60.4 Å². The molecule has 4 heterocycles. The number of nitrogens with one attached hydrogen (secondary N) is 2. The number of nitrogens with zero attached hydrogens (tertiary/aromatic N) is 6. The maximum absolute atomic E-state index is 10.9. The summed E-state index contributed by atoms with van der Waals surface area (Å²) in [5, 5.41) is 12.4. The van der Waals surface area contributed by atoms with E-state index in [-0.39, 0.29) is 6.54 Å². The predicted octanol–water partition coefficient (Wildman–Crippen LogP) is 1.89. The highest BCUT2D eigenvalue weighted by Crippen LogP contribution is 2.23. The van der Waals surface area contributed by atoms with Crippen molar-refractivity contribution in [1.29, 1.82) is 0 Å². The molecule has 0 bridgehead atoms. The molecule has 1 saturated heterocycles. The van der Waals surface area contributed by atoms with Crippen molar-refractivity contribution in [1.82, 2.24) is 34.0 Å². The molecule has 1 unspecified atom stereocenters. The van der Waals surface area contributed by atoms with E-state index in [9.17, 15) is 4.21 Å². The van der Waals surface area contributed by atoms with E-state index < -0.39 is 11.3 Å². The summed E-state index contributed by atoms with van der Waals surface area (Å²) >= 11 is -2.05. The van der Waals surface area contributed by atoms with Gasteiger partial charge < -0.3 is 10.1 Å². The number of hydrogen-bond donors (Lipinski definition) is 3. The van der Waals surface area contributed by atoms with Gasteiger partial charge in [0.05, 0.1) is 37.2 Å². The lowest BCUT2D eigenvalue weighted by molar-refractivity contribution is 0.0360. The van der Waals surface area contributed by atoms with Gasteiger partial charge in [-0.2, -0.15) is 5.10 Å². The van der Waals surface area contributed by atoms with Crippen molar-refractivity contribution in [3.63, 3.8) is 0 Å². The van der Waals surface area contributed by atoms with Gasteiger partial charge in [-0.3, -0.25) is 14.1 Å². The Morgan fingerprint density at radius 3 is 2.82 bits per heavy atom. The van der Waals surface area contributed by atoms with Gasteiger partial charge in [0, 0.05) is 44.0 Å². The number of hydrogen-bond acceptors (Lipinski definition) is 7. The van der Waals surface area contributed by atoms with Crippen molar-refractivity contribution in [2.75, 3.05) is 38.2 Å². The largest absolute Gasteiger partial charge is 0.379 e. The summed E-state index contributed by atoms with van der Waals surface area (Å²) in [5.41, 5.74) is 3.59. The number of anilines is 2. The lowest BCUT2D eigenvalue weighted by Crippen LogP contribution is -2.38. The first-order valence-electron chi connectivity index (χ1n) is 11.0. The van der Waals surface area contributed by atoms with Crippen LogP contribution in [0.4, 0.5) is 11.8 Å². The van der Waals surface area contributed by atoms with Gasteiger partial charge in [-0.25, -0.2) is 18.4 Å². The second-order valence-electron chi connectivity index (χ2n) is 7.95. The average molecular weight is 483 g/mol. The van der Waals surface area contributed by atoms with Gasteiger partial charge in [-0.05, 0) is 23.8 Å². The maximum Gasteiger partial charge on any atom is 0.246 e. The van der Waals surface area contributed by atoms with E-state index in [1.165, 1.54) is 0 Å². The minimum Gasteiger partial charge on any atom is -0.379 e. The van der Waals surface area contributed by atoms with E-state index in [0.717, 1.165) is 61.7 Å². The molecule has 1 aliphatic rings. The first-order chi connectivity index (χ1) is 16.6. The number of benzene rings is 1. The van der Waals surface area contributed by atoms with Crippen LogP contribution in [0, 0.1) is 0 Å². The third kappa shape index (κ3) is 5.48. The lowest BCUT2D eigenvalue weighted by atomic mass is 10.1. The Hall–Kier alpha value is -3.16. The second kappa shape index (κ2) is 10.4. The summed E-state index contributed by atoms with van der Waals surface area (Å²) in [4.78, 5) is 6.79. The minimum absolute atomic E-state index is 0.288. The number of ether oxygens (including phenoxy) is 1. The van der Waals surface area contributed by atoms with Gasteiger partial charge in [-0.15, -0.1) is 5.10 Å². The topological polar surface area (TPSA) is 122 Å². The molecule has 178 valence electrons. The molecule has 3 aromatic heterocycles. The van der Waals surface area contributed by atoms with Gasteiger partial charge in [-0.1, -0.05) is 18.2 Å². The zero-order valence-corrected chi connectivity index (χ0v) is 19.3. The standard InChI is InChI=1S/C22H26N8O3S/c31-34(32)24-15-17-2-1-3-18(14-17)20-5-4-19-16-23-22(27-30(19)20)25-21-6-7-29(26-21)9-8-28-10-12-33-13-11-28/h1-7,14,16,24H,8-13,15H2,(H,31,32)(H,25,26,27). The van der Waals surface area contributed by atoms with Crippen LogP contribution in [0.5, 0.6) is 0 Å². The molecule has 4 aromatic rings. The van der Waals surface area contributed by atoms with Crippen molar-refractivity contribution in [2.24, 2.45) is 0 Å². The van der Waals surface area contributed by atoms with Gasteiger partial charge in [0.2, 0.25) is 17.2 Å². The zero-order valence-electron chi connectivity index (χ0n) is 18.5. The van der Waals surface area contributed by atoms with Crippen LogP contribution >= 0.6 is 0 Å². The van der Waals surface area contributed by atoms with E-state index in [2.05, 4.69) is 30.1 Å². The van der Waals surface area contributed by atoms with Crippen LogP contribution in [0.3, 0.4) is 0 Å². The van der Waals surface area contributed by atoms with Crippen LogP contribution in [0.25, 0.3) is 16.8 Å². The fourth-order valence-electron chi connectivity index (χ4n) is 3.90. The number of morpholine rings is 1. The van der Waals surface area contributed by atoms with Crippen LogP contribution in [0.15, 0.2) is 54.9 Å². The molecular formula is C22H26N8O3S. The normalized spacial score (nSPS) is 15.6. The molecule has 12 heteroatoms. The predicted molar refractivity (Wildman–Crippen MR) is 129 cm³/mol. The Bertz CT molecular complexity index is 1280. The van der Waals surface area contributed by atoms with Gasteiger partial charge in [0.15, 0.2) is 5.82 Å². The van der Waals surface area contributed by atoms with Crippen LogP contribution in [0.1, 0.15) is 5.56 Å². The van der Waals surface area contributed by atoms with E-state index in [4.69, 9.17) is 9.29 Å². The number of aromatic nitrogens is 5. The maximum atomic E-state index is 10.9. The van der Waals surface area contributed by atoms with Crippen molar-refractivity contribution in [3.8, 4) is 11.3 Å². The van der Waals surface area contributed by atoms with Crippen LogP contribution in [0.2, 0.25) is 0 Å². The summed E-state index contributed by atoms with van der Waals surface area (Å²) in [6.45, 7) is 5.52. The lowest BCUT2D eigenvalue weighted by Gasteiger charge is -2.26. The highest BCUT2D eigenvalue weighted by atomic mass is 32.2. The molecule has 5 rings (SSSR count). The van der Waals surface area contributed by atoms with E-state index in [0.29, 0.717) is 11.8 Å². The van der Waals surface area contributed by atoms with Crippen LogP contribution < -0.4 is 10.0 Å². The minimum atomic E-state index is -2.05. The molecule has 0 radical (unpaired) electrons. The molecule has 0 spiro atoms.